The lowest BCUT2D eigenvalue weighted by atomic mass is 9.99. The van der Waals surface area contributed by atoms with Crippen LogP contribution in [0.15, 0.2) is 12.7 Å². The Labute approximate surface area is 98.5 Å². The third kappa shape index (κ3) is 3.23. The first-order valence-corrected chi connectivity index (χ1v) is 5.24. The van der Waals surface area contributed by atoms with Crippen LogP contribution in [0.1, 0.15) is 0 Å². The maximum Gasteiger partial charge on any atom is 0.187 e. The Morgan fingerprint density at radius 1 is 1.18 bits per heavy atom. The van der Waals surface area contributed by atoms with Gasteiger partial charge in [-0.3, -0.25) is 0 Å². The van der Waals surface area contributed by atoms with Gasteiger partial charge in [0.15, 0.2) is 6.29 Å². The number of hydrogen-bond acceptors (Lipinski definition) is 7. The Balaban J connectivity index is 2.68. The summed E-state index contributed by atoms with van der Waals surface area (Å²) < 4.78 is 10.2. The normalized spacial score (nSPS) is 39.9. The highest BCUT2D eigenvalue weighted by molar-refractivity contribution is 4.90. The van der Waals surface area contributed by atoms with Crippen molar-refractivity contribution in [1.29, 1.82) is 0 Å². The predicted octanol–water partition coefficient (Wildman–Crippen LogP) is -2.65. The lowest BCUT2D eigenvalue weighted by Gasteiger charge is -2.40. The van der Waals surface area contributed by atoms with Gasteiger partial charge in [0.2, 0.25) is 0 Å². The molecule has 5 unspecified atom stereocenters. The molecule has 0 aromatic rings. The molecule has 0 amide bonds. The molecular weight excluding hydrogens is 232 g/mol. The smallest absolute Gasteiger partial charge is 0.187 e. The summed E-state index contributed by atoms with van der Waals surface area (Å²) in [6.45, 7) is 2.52. The molecule has 1 rings (SSSR count). The van der Waals surface area contributed by atoms with Crippen LogP contribution in [0.25, 0.3) is 0 Å². The number of hydrogen-bond donors (Lipinski definition) is 5. The molecule has 0 aliphatic carbocycles. The van der Waals surface area contributed by atoms with Crippen LogP contribution in [0, 0.1) is 0 Å². The summed E-state index contributed by atoms with van der Waals surface area (Å²) in [6, 6.07) is 0. The monoisotopic (exact) mass is 250 g/mol. The van der Waals surface area contributed by atoms with E-state index in [0.717, 1.165) is 0 Å². The van der Waals surface area contributed by atoms with Crippen molar-refractivity contribution in [1.82, 2.24) is 0 Å². The number of aliphatic hydroxyl groups is 5. The van der Waals surface area contributed by atoms with Crippen LogP contribution in [-0.2, 0) is 9.47 Å². The zero-order chi connectivity index (χ0) is 13.0. The Kier molecular flexibility index (Phi) is 5.47. The molecule has 0 aromatic carbocycles. The summed E-state index contributed by atoms with van der Waals surface area (Å²) in [5, 5.41) is 46.4. The van der Waals surface area contributed by atoms with Gasteiger partial charge < -0.3 is 35.0 Å². The van der Waals surface area contributed by atoms with Crippen molar-refractivity contribution >= 4 is 0 Å². The molecule has 1 saturated heterocycles. The Hall–Kier alpha value is -0.540. The van der Waals surface area contributed by atoms with Crippen LogP contribution in [0.3, 0.4) is 0 Å². The van der Waals surface area contributed by atoms with Crippen molar-refractivity contribution in [2.75, 3.05) is 13.2 Å². The third-order valence-electron chi connectivity index (χ3n) is 2.60. The van der Waals surface area contributed by atoms with Gasteiger partial charge in [0.05, 0.1) is 13.2 Å². The second-order valence-corrected chi connectivity index (χ2v) is 3.79. The van der Waals surface area contributed by atoms with Crippen molar-refractivity contribution in [3.05, 3.63) is 12.7 Å². The van der Waals surface area contributed by atoms with E-state index in [0.29, 0.717) is 0 Å². The summed E-state index contributed by atoms with van der Waals surface area (Å²) >= 11 is 0. The quantitative estimate of drug-likeness (QED) is 0.338. The molecule has 0 bridgehead atoms. The van der Waals surface area contributed by atoms with E-state index < -0.39 is 43.4 Å². The summed E-state index contributed by atoms with van der Waals surface area (Å²) in [7, 11) is 0. The summed E-state index contributed by atoms with van der Waals surface area (Å²) in [5.41, 5.74) is 0. The molecule has 17 heavy (non-hydrogen) atoms. The molecule has 1 heterocycles. The first kappa shape index (κ1) is 14.5. The van der Waals surface area contributed by atoms with Crippen molar-refractivity contribution in [3.8, 4) is 0 Å². The van der Waals surface area contributed by atoms with Crippen molar-refractivity contribution < 1.29 is 35.0 Å². The lowest BCUT2D eigenvalue weighted by Crippen LogP contribution is -2.59. The standard InChI is InChI=1S/C10H18O7/c1-2-5(3-11)16-10-9(15)8(14)7(13)6(4-12)17-10/h2,5-15H,1,3-4H2/t5?,6?,7-,8?,9?,10?/m0/s1. The molecular formula is C10H18O7. The average Bonchev–Trinajstić information content (AvgIpc) is 2.35. The zero-order valence-corrected chi connectivity index (χ0v) is 9.22. The first-order valence-electron chi connectivity index (χ1n) is 5.24. The van der Waals surface area contributed by atoms with Gasteiger partial charge in [0, 0.05) is 0 Å². The van der Waals surface area contributed by atoms with E-state index in [1.807, 2.05) is 0 Å². The molecule has 100 valence electrons. The molecule has 0 spiro atoms. The zero-order valence-electron chi connectivity index (χ0n) is 9.22. The molecule has 1 fully saturated rings. The highest BCUT2D eigenvalue weighted by atomic mass is 16.7. The minimum Gasteiger partial charge on any atom is -0.394 e. The van der Waals surface area contributed by atoms with Crippen LogP contribution in [0.5, 0.6) is 0 Å². The highest BCUT2D eigenvalue weighted by Gasteiger charge is 2.44. The van der Waals surface area contributed by atoms with Crippen LogP contribution >= 0.6 is 0 Å². The summed E-state index contributed by atoms with van der Waals surface area (Å²) in [5.74, 6) is 0. The minimum absolute atomic E-state index is 0.363. The van der Waals surface area contributed by atoms with Gasteiger partial charge in [-0.05, 0) is 0 Å². The number of ether oxygens (including phenoxy) is 2. The SMILES string of the molecule is C=CC(CO)OC1OC(CO)[C@H](O)C(O)C1O. The van der Waals surface area contributed by atoms with E-state index in [2.05, 4.69) is 6.58 Å². The molecule has 7 nitrogen and oxygen atoms in total. The predicted molar refractivity (Wildman–Crippen MR) is 55.9 cm³/mol. The molecule has 0 aromatic heterocycles. The fourth-order valence-corrected chi connectivity index (χ4v) is 1.53. The Bertz CT molecular complexity index is 245. The van der Waals surface area contributed by atoms with E-state index in [4.69, 9.17) is 19.7 Å². The largest absolute Gasteiger partial charge is 0.394 e. The third-order valence-corrected chi connectivity index (χ3v) is 2.60. The van der Waals surface area contributed by atoms with Gasteiger partial charge in [-0.2, -0.15) is 0 Å². The molecule has 5 N–H and O–H groups in total. The number of rotatable bonds is 5. The molecule has 7 heteroatoms. The molecule has 1 aliphatic rings. The van der Waals surface area contributed by atoms with Crippen LogP contribution in [0.2, 0.25) is 0 Å². The summed E-state index contributed by atoms with van der Waals surface area (Å²) in [4.78, 5) is 0. The fourth-order valence-electron chi connectivity index (χ4n) is 1.53. The van der Waals surface area contributed by atoms with Crippen molar-refractivity contribution in [3.63, 3.8) is 0 Å². The molecule has 6 atom stereocenters. The second kappa shape index (κ2) is 6.41. The fraction of sp³-hybridized carbons (Fsp3) is 0.800. The Morgan fingerprint density at radius 3 is 2.29 bits per heavy atom. The van der Waals surface area contributed by atoms with E-state index in [1.54, 1.807) is 0 Å². The van der Waals surface area contributed by atoms with Crippen LogP contribution in [-0.4, -0.2) is 75.6 Å². The molecule has 0 radical (unpaired) electrons. The van der Waals surface area contributed by atoms with Gasteiger partial charge in [0.25, 0.3) is 0 Å². The van der Waals surface area contributed by atoms with E-state index in [9.17, 15) is 15.3 Å². The van der Waals surface area contributed by atoms with E-state index in [-0.39, 0.29) is 6.61 Å². The average molecular weight is 250 g/mol. The van der Waals surface area contributed by atoms with E-state index >= 15 is 0 Å². The van der Waals surface area contributed by atoms with Crippen molar-refractivity contribution in [2.45, 2.75) is 36.8 Å². The van der Waals surface area contributed by atoms with Gasteiger partial charge in [-0.1, -0.05) is 6.08 Å². The summed E-state index contributed by atoms with van der Waals surface area (Å²) in [6.07, 6.45) is -6.12. The number of aliphatic hydroxyl groups excluding tert-OH is 5. The van der Waals surface area contributed by atoms with Gasteiger partial charge >= 0.3 is 0 Å². The van der Waals surface area contributed by atoms with E-state index in [1.165, 1.54) is 6.08 Å². The minimum atomic E-state index is -1.49. The maximum atomic E-state index is 9.60. The first-order chi connectivity index (χ1) is 8.04. The van der Waals surface area contributed by atoms with Gasteiger partial charge in [0.1, 0.15) is 30.5 Å². The van der Waals surface area contributed by atoms with Crippen LogP contribution in [0.4, 0.5) is 0 Å². The maximum absolute atomic E-state index is 9.60. The second-order valence-electron chi connectivity index (χ2n) is 3.79. The van der Waals surface area contributed by atoms with Crippen molar-refractivity contribution in [2.24, 2.45) is 0 Å². The molecule has 1 aliphatic heterocycles. The highest BCUT2D eigenvalue weighted by Crippen LogP contribution is 2.22. The Morgan fingerprint density at radius 2 is 1.82 bits per heavy atom. The van der Waals surface area contributed by atoms with Crippen LogP contribution < -0.4 is 0 Å². The molecule has 0 saturated carbocycles. The van der Waals surface area contributed by atoms with Gasteiger partial charge in [-0.25, -0.2) is 0 Å². The van der Waals surface area contributed by atoms with Gasteiger partial charge in [-0.15, -0.1) is 6.58 Å². The topological polar surface area (TPSA) is 120 Å². The lowest BCUT2D eigenvalue weighted by molar-refractivity contribution is -0.309.